The van der Waals surface area contributed by atoms with Crippen LogP contribution >= 0.6 is 0 Å². The van der Waals surface area contributed by atoms with Crippen LogP contribution in [0, 0.1) is 5.92 Å². The summed E-state index contributed by atoms with van der Waals surface area (Å²) in [6.07, 6.45) is 1.39. The van der Waals surface area contributed by atoms with Crippen molar-refractivity contribution in [2.75, 3.05) is 31.2 Å². The number of benzene rings is 1. The summed E-state index contributed by atoms with van der Waals surface area (Å²) in [4.78, 5) is 14.0. The van der Waals surface area contributed by atoms with E-state index in [1.807, 2.05) is 18.2 Å². The number of rotatable bonds is 7. The average Bonchev–Trinajstić information content (AvgIpc) is 2.31. The predicted octanol–water partition coefficient (Wildman–Crippen LogP) is 2.58. The van der Waals surface area contributed by atoms with Crippen molar-refractivity contribution in [2.45, 2.75) is 26.7 Å². The van der Waals surface area contributed by atoms with Gasteiger partial charge in [0.25, 0.3) is 0 Å². The molecule has 0 bridgehead atoms. The SMILES string of the molecule is CC(C)CN(C)CCCC(=O)Nc1ccccc1N. The molecule has 4 heteroatoms. The van der Waals surface area contributed by atoms with Crippen molar-refractivity contribution in [1.82, 2.24) is 4.90 Å². The summed E-state index contributed by atoms with van der Waals surface area (Å²) in [5, 5.41) is 2.84. The van der Waals surface area contributed by atoms with Crippen LogP contribution in [0.3, 0.4) is 0 Å². The van der Waals surface area contributed by atoms with E-state index >= 15 is 0 Å². The third kappa shape index (κ3) is 6.25. The Bertz CT molecular complexity index is 404. The topological polar surface area (TPSA) is 58.4 Å². The summed E-state index contributed by atoms with van der Waals surface area (Å²) in [6.45, 7) is 6.39. The Morgan fingerprint density at radius 2 is 2.05 bits per heavy atom. The van der Waals surface area contributed by atoms with Gasteiger partial charge in [-0.05, 0) is 38.1 Å². The van der Waals surface area contributed by atoms with Crippen LogP contribution in [0.25, 0.3) is 0 Å². The molecule has 19 heavy (non-hydrogen) atoms. The first-order valence-electron chi connectivity index (χ1n) is 6.82. The van der Waals surface area contributed by atoms with E-state index in [1.165, 1.54) is 0 Å². The fraction of sp³-hybridized carbons (Fsp3) is 0.533. The Balaban J connectivity index is 2.27. The lowest BCUT2D eigenvalue weighted by Gasteiger charge is -2.18. The van der Waals surface area contributed by atoms with Crippen molar-refractivity contribution in [3.8, 4) is 0 Å². The molecule has 0 saturated heterocycles. The van der Waals surface area contributed by atoms with E-state index < -0.39 is 0 Å². The standard InChI is InChI=1S/C15H25N3O/c1-12(2)11-18(3)10-6-9-15(19)17-14-8-5-4-7-13(14)16/h4-5,7-8,12H,6,9-11,16H2,1-3H3,(H,17,19). The van der Waals surface area contributed by atoms with Gasteiger partial charge in [-0.1, -0.05) is 26.0 Å². The minimum absolute atomic E-state index is 0.0239. The van der Waals surface area contributed by atoms with Gasteiger partial charge in [-0.15, -0.1) is 0 Å². The summed E-state index contributed by atoms with van der Waals surface area (Å²) in [5.41, 5.74) is 7.08. The van der Waals surface area contributed by atoms with Gasteiger partial charge in [-0.25, -0.2) is 0 Å². The van der Waals surface area contributed by atoms with E-state index in [0.717, 1.165) is 19.5 Å². The first-order valence-corrected chi connectivity index (χ1v) is 6.82. The molecule has 1 rings (SSSR count). The van der Waals surface area contributed by atoms with Crippen molar-refractivity contribution in [3.05, 3.63) is 24.3 Å². The molecule has 3 N–H and O–H groups in total. The van der Waals surface area contributed by atoms with Gasteiger partial charge in [0, 0.05) is 13.0 Å². The molecule has 1 amide bonds. The molecule has 1 aromatic rings. The van der Waals surface area contributed by atoms with Crippen LogP contribution in [-0.2, 0) is 4.79 Å². The molecule has 106 valence electrons. The van der Waals surface area contributed by atoms with E-state index in [0.29, 0.717) is 23.7 Å². The predicted molar refractivity (Wildman–Crippen MR) is 81.1 cm³/mol. The van der Waals surface area contributed by atoms with Crippen molar-refractivity contribution in [2.24, 2.45) is 5.92 Å². The maximum absolute atomic E-state index is 11.8. The molecule has 0 aliphatic rings. The molecule has 0 unspecified atom stereocenters. The van der Waals surface area contributed by atoms with Gasteiger partial charge in [-0.2, -0.15) is 0 Å². The zero-order valence-electron chi connectivity index (χ0n) is 12.1. The third-order valence-electron chi connectivity index (χ3n) is 2.86. The minimum Gasteiger partial charge on any atom is -0.397 e. The number of nitrogens with zero attached hydrogens (tertiary/aromatic N) is 1. The van der Waals surface area contributed by atoms with Gasteiger partial charge in [0.2, 0.25) is 5.91 Å². The van der Waals surface area contributed by atoms with Crippen LogP contribution in [0.2, 0.25) is 0 Å². The summed E-state index contributed by atoms with van der Waals surface area (Å²) in [6, 6.07) is 7.32. The summed E-state index contributed by atoms with van der Waals surface area (Å²) < 4.78 is 0. The molecule has 0 aromatic heterocycles. The normalized spacial score (nSPS) is 11.0. The number of nitrogens with two attached hydrogens (primary N) is 1. The maximum atomic E-state index is 11.8. The third-order valence-corrected chi connectivity index (χ3v) is 2.86. The molecule has 0 aliphatic carbocycles. The van der Waals surface area contributed by atoms with Gasteiger partial charge < -0.3 is 16.0 Å². The largest absolute Gasteiger partial charge is 0.397 e. The van der Waals surface area contributed by atoms with E-state index in [2.05, 4.69) is 31.1 Å². The van der Waals surface area contributed by atoms with Crippen LogP contribution in [0.4, 0.5) is 11.4 Å². The molecule has 0 fully saturated rings. The number of hydrogen-bond acceptors (Lipinski definition) is 3. The highest BCUT2D eigenvalue weighted by Crippen LogP contribution is 2.16. The van der Waals surface area contributed by atoms with Crippen LogP contribution in [0.15, 0.2) is 24.3 Å². The summed E-state index contributed by atoms with van der Waals surface area (Å²) in [7, 11) is 2.09. The van der Waals surface area contributed by atoms with Crippen LogP contribution in [0.1, 0.15) is 26.7 Å². The molecular weight excluding hydrogens is 238 g/mol. The van der Waals surface area contributed by atoms with E-state index in [4.69, 9.17) is 5.73 Å². The number of carbonyl (C=O) groups excluding carboxylic acids is 1. The van der Waals surface area contributed by atoms with Crippen molar-refractivity contribution >= 4 is 17.3 Å². The lowest BCUT2D eigenvalue weighted by molar-refractivity contribution is -0.116. The zero-order valence-corrected chi connectivity index (χ0v) is 12.1. The van der Waals surface area contributed by atoms with E-state index in [1.54, 1.807) is 6.07 Å². The Kier molecular flexibility index (Phi) is 6.36. The number of hydrogen-bond donors (Lipinski definition) is 2. The Morgan fingerprint density at radius 3 is 2.68 bits per heavy atom. The van der Waals surface area contributed by atoms with Gasteiger partial charge in [0.1, 0.15) is 0 Å². The van der Waals surface area contributed by atoms with Crippen LogP contribution in [0.5, 0.6) is 0 Å². The quantitative estimate of drug-likeness (QED) is 0.743. The molecule has 0 saturated carbocycles. The molecular formula is C15H25N3O. The number of para-hydroxylation sites is 2. The highest BCUT2D eigenvalue weighted by Gasteiger charge is 2.06. The monoisotopic (exact) mass is 263 g/mol. The molecule has 0 heterocycles. The molecule has 4 nitrogen and oxygen atoms in total. The highest BCUT2D eigenvalue weighted by atomic mass is 16.1. The molecule has 1 aromatic carbocycles. The highest BCUT2D eigenvalue weighted by molar-refractivity contribution is 5.93. The fourth-order valence-electron chi connectivity index (χ4n) is 2.05. The number of nitrogen functional groups attached to an aromatic ring is 1. The Hall–Kier alpha value is -1.55. The zero-order chi connectivity index (χ0) is 14.3. The average molecular weight is 263 g/mol. The first-order chi connectivity index (χ1) is 8.99. The Labute approximate surface area is 116 Å². The van der Waals surface area contributed by atoms with Crippen LogP contribution in [-0.4, -0.2) is 30.9 Å². The first kappa shape index (κ1) is 15.5. The van der Waals surface area contributed by atoms with Crippen LogP contribution < -0.4 is 11.1 Å². The summed E-state index contributed by atoms with van der Waals surface area (Å²) in [5.74, 6) is 0.679. The van der Waals surface area contributed by atoms with Gasteiger partial charge in [0.15, 0.2) is 0 Å². The molecule has 0 radical (unpaired) electrons. The van der Waals surface area contributed by atoms with Crippen molar-refractivity contribution in [3.63, 3.8) is 0 Å². The lowest BCUT2D eigenvalue weighted by Crippen LogP contribution is -2.25. The van der Waals surface area contributed by atoms with Crippen molar-refractivity contribution in [1.29, 1.82) is 0 Å². The smallest absolute Gasteiger partial charge is 0.224 e. The minimum atomic E-state index is 0.0239. The number of amides is 1. The second kappa shape index (κ2) is 7.79. The van der Waals surface area contributed by atoms with Gasteiger partial charge in [-0.3, -0.25) is 4.79 Å². The number of carbonyl (C=O) groups is 1. The second-order valence-electron chi connectivity index (χ2n) is 5.40. The van der Waals surface area contributed by atoms with Gasteiger partial charge in [0.05, 0.1) is 11.4 Å². The second-order valence-corrected chi connectivity index (χ2v) is 5.40. The maximum Gasteiger partial charge on any atom is 0.224 e. The lowest BCUT2D eigenvalue weighted by atomic mass is 10.2. The van der Waals surface area contributed by atoms with Crippen molar-refractivity contribution < 1.29 is 4.79 Å². The fourth-order valence-corrected chi connectivity index (χ4v) is 2.05. The summed E-state index contributed by atoms with van der Waals surface area (Å²) >= 11 is 0. The molecule has 0 spiro atoms. The van der Waals surface area contributed by atoms with E-state index in [9.17, 15) is 4.79 Å². The number of anilines is 2. The number of nitrogens with one attached hydrogen (secondary N) is 1. The molecule has 0 aliphatic heterocycles. The molecule has 0 atom stereocenters. The van der Waals surface area contributed by atoms with E-state index in [-0.39, 0.29) is 5.91 Å². The van der Waals surface area contributed by atoms with Gasteiger partial charge >= 0.3 is 0 Å². The Morgan fingerprint density at radius 1 is 1.37 bits per heavy atom.